The molecule has 0 aliphatic carbocycles. The van der Waals surface area contributed by atoms with Gasteiger partial charge in [-0.25, -0.2) is 9.45 Å². The van der Waals surface area contributed by atoms with Crippen LogP contribution in [0.15, 0.2) is 0 Å². The molecule has 0 aliphatic rings. The molecular weight excluding hydrogens is 351 g/mol. The predicted octanol–water partition coefficient (Wildman–Crippen LogP) is 3.48. The topological polar surface area (TPSA) is 92.7 Å². The number of hydrogen-bond acceptors (Lipinski definition) is 7. The van der Waals surface area contributed by atoms with E-state index in [2.05, 4.69) is 11.6 Å². The van der Waals surface area contributed by atoms with Gasteiger partial charge in [-0.3, -0.25) is 4.52 Å². The van der Waals surface area contributed by atoms with Crippen molar-refractivity contribution in [1.82, 2.24) is 0 Å². The van der Waals surface area contributed by atoms with E-state index in [9.17, 15) is 9.46 Å². The minimum Gasteiger partial charge on any atom is -0.379 e. The first-order chi connectivity index (χ1) is 12.1. The van der Waals surface area contributed by atoms with E-state index in [4.69, 9.17) is 23.6 Å². The highest BCUT2D eigenvalue weighted by atomic mass is 31.2. The zero-order chi connectivity index (χ0) is 18.6. The SMILES string of the molecule is CCCCCCCCOOP(=O)(O)OCCOCCOCCOCC. The molecule has 0 amide bonds. The normalized spacial score (nSPS) is 13.9. The van der Waals surface area contributed by atoms with Crippen molar-refractivity contribution in [2.24, 2.45) is 0 Å². The molecule has 0 bridgehead atoms. The molecule has 0 fully saturated rings. The Labute approximate surface area is 151 Å². The van der Waals surface area contributed by atoms with Crippen LogP contribution < -0.4 is 0 Å². The molecule has 0 aliphatic heterocycles. The lowest BCUT2D eigenvalue weighted by atomic mass is 10.1. The summed E-state index contributed by atoms with van der Waals surface area (Å²) in [5.41, 5.74) is 0. The van der Waals surface area contributed by atoms with Gasteiger partial charge in [0.25, 0.3) is 0 Å². The first kappa shape index (κ1) is 24.9. The Morgan fingerprint density at radius 1 is 0.720 bits per heavy atom. The summed E-state index contributed by atoms with van der Waals surface area (Å²) in [4.78, 5) is 14.1. The van der Waals surface area contributed by atoms with Crippen molar-refractivity contribution < 1.29 is 37.8 Å². The van der Waals surface area contributed by atoms with Crippen molar-refractivity contribution in [3.63, 3.8) is 0 Å². The summed E-state index contributed by atoms with van der Waals surface area (Å²) in [5.74, 6) is 0. The average Bonchev–Trinajstić information content (AvgIpc) is 2.59. The van der Waals surface area contributed by atoms with Gasteiger partial charge in [0.1, 0.15) is 0 Å². The largest absolute Gasteiger partial charge is 0.499 e. The van der Waals surface area contributed by atoms with E-state index in [1.54, 1.807) is 0 Å². The number of unbranched alkanes of at least 4 members (excludes halogenated alkanes) is 5. The van der Waals surface area contributed by atoms with Gasteiger partial charge >= 0.3 is 7.82 Å². The van der Waals surface area contributed by atoms with E-state index in [0.29, 0.717) is 33.0 Å². The van der Waals surface area contributed by atoms with E-state index < -0.39 is 7.82 Å². The highest BCUT2D eigenvalue weighted by Gasteiger charge is 2.22. The molecule has 8 nitrogen and oxygen atoms in total. The van der Waals surface area contributed by atoms with E-state index in [-0.39, 0.29) is 19.8 Å². The molecule has 1 unspecified atom stereocenters. The first-order valence-electron chi connectivity index (χ1n) is 9.14. The molecule has 1 N–H and O–H groups in total. The summed E-state index contributed by atoms with van der Waals surface area (Å²) in [7, 11) is -4.18. The molecule has 0 saturated heterocycles. The van der Waals surface area contributed by atoms with Crippen LogP contribution in [0.1, 0.15) is 52.4 Å². The number of phosphoric acid groups is 1. The van der Waals surface area contributed by atoms with Crippen LogP contribution in [0.5, 0.6) is 0 Å². The van der Waals surface area contributed by atoms with Crippen molar-refractivity contribution in [2.45, 2.75) is 52.4 Å². The predicted molar refractivity (Wildman–Crippen MR) is 94.3 cm³/mol. The van der Waals surface area contributed by atoms with Crippen LogP contribution in [0.3, 0.4) is 0 Å². The third-order valence-electron chi connectivity index (χ3n) is 3.16. The zero-order valence-corrected chi connectivity index (χ0v) is 16.5. The van der Waals surface area contributed by atoms with Crippen LogP contribution in [0.4, 0.5) is 0 Å². The Hall–Kier alpha value is -0.0500. The highest BCUT2D eigenvalue weighted by molar-refractivity contribution is 7.47. The summed E-state index contributed by atoms with van der Waals surface area (Å²) in [6.07, 6.45) is 6.58. The van der Waals surface area contributed by atoms with Crippen LogP contribution in [0.2, 0.25) is 0 Å². The van der Waals surface area contributed by atoms with Gasteiger partial charge in [0.05, 0.1) is 46.2 Å². The molecule has 9 heteroatoms. The quantitative estimate of drug-likeness (QED) is 0.147. The number of rotatable bonds is 20. The van der Waals surface area contributed by atoms with Gasteiger partial charge in [0, 0.05) is 6.61 Å². The van der Waals surface area contributed by atoms with Crippen molar-refractivity contribution in [3.8, 4) is 0 Å². The Morgan fingerprint density at radius 3 is 1.92 bits per heavy atom. The Morgan fingerprint density at radius 2 is 1.28 bits per heavy atom. The monoisotopic (exact) mass is 386 g/mol. The van der Waals surface area contributed by atoms with Gasteiger partial charge in [-0.15, -0.1) is 4.67 Å². The van der Waals surface area contributed by atoms with E-state index in [1.165, 1.54) is 19.3 Å². The molecule has 0 radical (unpaired) electrons. The number of phosphoric ester groups is 1. The smallest absolute Gasteiger partial charge is 0.379 e. The molecule has 152 valence electrons. The maximum Gasteiger partial charge on any atom is 0.499 e. The minimum atomic E-state index is -4.18. The zero-order valence-electron chi connectivity index (χ0n) is 15.7. The Balaban J connectivity index is 3.33. The molecule has 1 atom stereocenters. The molecule has 0 aromatic heterocycles. The lowest BCUT2D eigenvalue weighted by Crippen LogP contribution is -2.11. The summed E-state index contributed by atoms with van der Waals surface area (Å²) >= 11 is 0. The highest BCUT2D eigenvalue weighted by Crippen LogP contribution is 2.43. The van der Waals surface area contributed by atoms with Gasteiger partial charge < -0.3 is 19.1 Å². The standard InChI is InChI=1S/C16H35O8P/c1-3-5-6-7-8-9-10-22-24-25(17,18)23-16-15-21-14-13-20-12-11-19-4-2/h3-16H2,1-2H3,(H,17,18). The lowest BCUT2D eigenvalue weighted by Gasteiger charge is -2.11. The van der Waals surface area contributed by atoms with Gasteiger partial charge in [0.15, 0.2) is 0 Å². The van der Waals surface area contributed by atoms with Crippen LogP contribution in [-0.4, -0.2) is 57.7 Å². The van der Waals surface area contributed by atoms with Crippen molar-refractivity contribution in [2.75, 3.05) is 52.9 Å². The average molecular weight is 386 g/mol. The van der Waals surface area contributed by atoms with Crippen LogP contribution in [0, 0.1) is 0 Å². The second kappa shape index (κ2) is 18.7. The fourth-order valence-corrected chi connectivity index (χ4v) is 2.42. The third kappa shape index (κ3) is 20.1. The Bertz CT molecular complexity index is 317. The first-order valence-corrected chi connectivity index (χ1v) is 10.6. The molecule has 0 heterocycles. The molecule has 0 spiro atoms. The third-order valence-corrected chi connectivity index (χ3v) is 3.96. The van der Waals surface area contributed by atoms with Crippen molar-refractivity contribution in [3.05, 3.63) is 0 Å². The molecule has 0 rings (SSSR count). The summed E-state index contributed by atoms with van der Waals surface area (Å²) in [6.45, 7) is 7.02. The minimum absolute atomic E-state index is 0.0624. The Kier molecular flexibility index (Phi) is 18.7. The van der Waals surface area contributed by atoms with Gasteiger partial charge in [-0.2, -0.15) is 0 Å². The molecule has 0 saturated carbocycles. The summed E-state index contributed by atoms with van der Waals surface area (Å²) in [6, 6.07) is 0. The van der Waals surface area contributed by atoms with Crippen LogP contribution in [-0.2, 0) is 32.9 Å². The van der Waals surface area contributed by atoms with Gasteiger partial charge in [-0.1, -0.05) is 39.0 Å². The summed E-state index contributed by atoms with van der Waals surface area (Å²) < 4.78 is 36.2. The van der Waals surface area contributed by atoms with E-state index in [0.717, 1.165) is 19.3 Å². The summed E-state index contributed by atoms with van der Waals surface area (Å²) in [5, 5.41) is 0. The van der Waals surface area contributed by atoms with Crippen LogP contribution >= 0.6 is 7.82 Å². The number of ether oxygens (including phenoxy) is 3. The fourth-order valence-electron chi connectivity index (χ4n) is 1.86. The fraction of sp³-hybridized carbons (Fsp3) is 1.00. The van der Waals surface area contributed by atoms with Gasteiger partial charge in [0.2, 0.25) is 0 Å². The van der Waals surface area contributed by atoms with Crippen LogP contribution in [0.25, 0.3) is 0 Å². The second-order valence-corrected chi connectivity index (χ2v) is 6.73. The molecule has 0 aromatic carbocycles. The van der Waals surface area contributed by atoms with Crippen molar-refractivity contribution >= 4 is 7.82 Å². The molecule has 25 heavy (non-hydrogen) atoms. The maximum absolute atomic E-state index is 11.5. The second-order valence-electron chi connectivity index (χ2n) is 5.39. The van der Waals surface area contributed by atoms with E-state index >= 15 is 0 Å². The van der Waals surface area contributed by atoms with Crippen molar-refractivity contribution in [1.29, 1.82) is 0 Å². The maximum atomic E-state index is 11.5. The molecule has 0 aromatic rings. The van der Waals surface area contributed by atoms with Gasteiger partial charge in [-0.05, 0) is 13.3 Å². The van der Waals surface area contributed by atoms with E-state index in [1.807, 2.05) is 6.92 Å². The lowest BCUT2D eigenvalue weighted by molar-refractivity contribution is -0.225. The molecular formula is C16H35O8P. The number of hydrogen-bond donors (Lipinski definition) is 1.